The third-order valence-corrected chi connectivity index (χ3v) is 2.61. The highest BCUT2D eigenvalue weighted by Crippen LogP contribution is 2.26. The van der Waals surface area contributed by atoms with Gasteiger partial charge in [-0.1, -0.05) is 37.6 Å². The molecular weight excluding hydrogens is 210 g/mol. The van der Waals surface area contributed by atoms with Gasteiger partial charge in [0.05, 0.1) is 5.69 Å². The normalized spacial score (nSPS) is 10.2. The molecule has 0 saturated carbocycles. The summed E-state index contributed by atoms with van der Waals surface area (Å²) in [6, 6.07) is 15.7. The molecule has 0 spiro atoms. The molecule has 0 saturated heterocycles. The summed E-state index contributed by atoms with van der Waals surface area (Å²) in [5, 5.41) is 0. The molecular formula is C15H17NO. The van der Waals surface area contributed by atoms with E-state index in [0.717, 1.165) is 18.6 Å². The highest BCUT2D eigenvalue weighted by atomic mass is 16.5. The highest BCUT2D eigenvalue weighted by Gasteiger charge is 2.00. The smallest absolute Gasteiger partial charge is 0.150 e. The number of rotatable bonds is 4. The van der Waals surface area contributed by atoms with Gasteiger partial charge in [0.1, 0.15) is 11.5 Å². The van der Waals surface area contributed by atoms with Crippen molar-refractivity contribution < 1.29 is 4.74 Å². The van der Waals surface area contributed by atoms with Gasteiger partial charge >= 0.3 is 0 Å². The molecule has 2 aromatic carbocycles. The average molecular weight is 227 g/mol. The Kier molecular flexibility index (Phi) is 3.66. The Hall–Kier alpha value is -1.96. The number of ether oxygens (including phenoxy) is 1. The van der Waals surface area contributed by atoms with E-state index in [-0.39, 0.29) is 0 Å². The first-order valence-electron chi connectivity index (χ1n) is 5.91. The molecule has 0 atom stereocenters. The Morgan fingerprint density at radius 2 is 1.71 bits per heavy atom. The Balaban J connectivity index is 2.11. The van der Waals surface area contributed by atoms with Crippen LogP contribution in [0.2, 0.25) is 0 Å². The van der Waals surface area contributed by atoms with Gasteiger partial charge in [-0.05, 0) is 36.2 Å². The van der Waals surface area contributed by atoms with Gasteiger partial charge in [-0.15, -0.1) is 0 Å². The van der Waals surface area contributed by atoms with Crippen molar-refractivity contribution in [3.05, 3.63) is 54.1 Å². The van der Waals surface area contributed by atoms with E-state index < -0.39 is 0 Å². The van der Waals surface area contributed by atoms with Crippen molar-refractivity contribution in [2.24, 2.45) is 0 Å². The number of benzene rings is 2. The standard InChI is InChI=1S/C15H17NO/c1-2-5-12-8-10-13(11-9-12)17-15-7-4-3-6-14(15)16/h3-4,6-11H,2,5,16H2,1H3. The van der Waals surface area contributed by atoms with Crippen LogP contribution in [0.3, 0.4) is 0 Å². The molecule has 0 heterocycles. The van der Waals surface area contributed by atoms with Crippen molar-refractivity contribution in [3.8, 4) is 11.5 Å². The third kappa shape index (κ3) is 3.00. The lowest BCUT2D eigenvalue weighted by Gasteiger charge is -2.08. The fourth-order valence-corrected chi connectivity index (χ4v) is 1.71. The van der Waals surface area contributed by atoms with Gasteiger partial charge in [0.15, 0.2) is 0 Å². The van der Waals surface area contributed by atoms with Gasteiger partial charge in [-0.2, -0.15) is 0 Å². The Morgan fingerprint density at radius 1 is 1.00 bits per heavy atom. The van der Waals surface area contributed by atoms with Gasteiger partial charge in [-0.25, -0.2) is 0 Å². The van der Waals surface area contributed by atoms with Crippen molar-refractivity contribution in [3.63, 3.8) is 0 Å². The van der Waals surface area contributed by atoms with E-state index in [1.807, 2.05) is 36.4 Å². The Morgan fingerprint density at radius 3 is 2.35 bits per heavy atom. The van der Waals surface area contributed by atoms with Crippen LogP contribution in [0.15, 0.2) is 48.5 Å². The van der Waals surface area contributed by atoms with Gasteiger partial charge in [-0.3, -0.25) is 0 Å². The van der Waals surface area contributed by atoms with Gasteiger partial charge < -0.3 is 10.5 Å². The van der Waals surface area contributed by atoms with Crippen LogP contribution in [0.25, 0.3) is 0 Å². The molecule has 0 aliphatic carbocycles. The summed E-state index contributed by atoms with van der Waals surface area (Å²) in [5.74, 6) is 1.53. The number of aryl methyl sites for hydroxylation is 1. The minimum absolute atomic E-state index is 0.658. The molecule has 2 N–H and O–H groups in total. The molecule has 0 bridgehead atoms. The van der Waals surface area contributed by atoms with Crippen LogP contribution in [0.1, 0.15) is 18.9 Å². The van der Waals surface area contributed by atoms with Crippen molar-refractivity contribution in [1.82, 2.24) is 0 Å². The minimum atomic E-state index is 0.658. The second kappa shape index (κ2) is 5.39. The number of para-hydroxylation sites is 2. The fraction of sp³-hybridized carbons (Fsp3) is 0.200. The molecule has 0 aliphatic rings. The summed E-state index contributed by atoms with van der Waals surface area (Å²) in [6.07, 6.45) is 2.26. The predicted octanol–water partition coefficient (Wildman–Crippen LogP) is 4.01. The molecule has 2 aromatic rings. The summed E-state index contributed by atoms with van der Waals surface area (Å²) >= 11 is 0. The molecule has 2 heteroatoms. The van der Waals surface area contributed by atoms with Gasteiger partial charge in [0, 0.05) is 0 Å². The van der Waals surface area contributed by atoms with Crippen LogP contribution in [0.4, 0.5) is 5.69 Å². The van der Waals surface area contributed by atoms with Crippen LogP contribution in [0.5, 0.6) is 11.5 Å². The first-order valence-corrected chi connectivity index (χ1v) is 5.91. The van der Waals surface area contributed by atoms with E-state index >= 15 is 0 Å². The quantitative estimate of drug-likeness (QED) is 0.801. The Bertz CT molecular complexity index is 477. The summed E-state index contributed by atoms with van der Waals surface area (Å²) in [6.45, 7) is 2.18. The van der Waals surface area contributed by atoms with E-state index in [4.69, 9.17) is 10.5 Å². The van der Waals surface area contributed by atoms with Crippen LogP contribution in [0, 0.1) is 0 Å². The lowest BCUT2D eigenvalue weighted by molar-refractivity contribution is 0.485. The lowest BCUT2D eigenvalue weighted by atomic mass is 10.1. The molecule has 0 aromatic heterocycles. The maximum atomic E-state index is 5.82. The van der Waals surface area contributed by atoms with Gasteiger partial charge in [0.2, 0.25) is 0 Å². The SMILES string of the molecule is CCCc1ccc(Oc2ccccc2N)cc1. The fourth-order valence-electron chi connectivity index (χ4n) is 1.71. The molecule has 0 amide bonds. The number of hydrogen-bond donors (Lipinski definition) is 1. The van der Waals surface area contributed by atoms with Crippen molar-refractivity contribution in [2.75, 3.05) is 5.73 Å². The van der Waals surface area contributed by atoms with Crippen molar-refractivity contribution in [2.45, 2.75) is 19.8 Å². The van der Waals surface area contributed by atoms with E-state index in [1.54, 1.807) is 0 Å². The summed E-state index contributed by atoms with van der Waals surface area (Å²) in [7, 11) is 0. The predicted molar refractivity (Wildman–Crippen MR) is 71.4 cm³/mol. The number of nitrogen functional groups attached to an aromatic ring is 1. The molecule has 17 heavy (non-hydrogen) atoms. The van der Waals surface area contributed by atoms with Crippen molar-refractivity contribution in [1.29, 1.82) is 0 Å². The van der Waals surface area contributed by atoms with E-state index in [9.17, 15) is 0 Å². The lowest BCUT2D eigenvalue weighted by Crippen LogP contribution is -1.91. The number of nitrogens with two attached hydrogens (primary N) is 1. The molecule has 0 aliphatic heterocycles. The molecule has 0 fully saturated rings. The largest absolute Gasteiger partial charge is 0.455 e. The summed E-state index contributed by atoms with van der Waals surface area (Å²) in [4.78, 5) is 0. The number of anilines is 1. The second-order valence-electron chi connectivity index (χ2n) is 4.03. The van der Waals surface area contributed by atoms with Gasteiger partial charge in [0.25, 0.3) is 0 Å². The first kappa shape index (κ1) is 11.5. The van der Waals surface area contributed by atoms with E-state index in [2.05, 4.69) is 19.1 Å². The summed E-state index contributed by atoms with van der Waals surface area (Å²) < 4.78 is 5.72. The molecule has 0 radical (unpaired) electrons. The zero-order chi connectivity index (χ0) is 12.1. The monoisotopic (exact) mass is 227 g/mol. The third-order valence-electron chi connectivity index (χ3n) is 2.61. The highest BCUT2D eigenvalue weighted by molar-refractivity contribution is 5.53. The molecule has 2 nitrogen and oxygen atoms in total. The molecule has 2 rings (SSSR count). The topological polar surface area (TPSA) is 35.2 Å². The zero-order valence-electron chi connectivity index (χ0n) is 10.0. The molecule has 0 unspecified atom stereocenters. The Labute approximate surface area is 102 Å². The molecule has 88 valence electrons. The number of hydrogen-bond acceptors (Lipinski definition) is 2. The van der Waals surface area contributed by atoms with E-state index in [1.165, 1.54) is 5.56 Å². The first-order chi connectivity index (χ1) is 8.29. The maximum Gasteiger partial charge on any atom is 0.150 e. The second-order valence-corrected chi connectivity index (χ2v) is 4.03. The summed E-state index contributed by atoms with van der Waals surface area (Å²) in [5.41, 5.74) is 7.81. The maximum absolute atomic E-state index is 5.82. The van der Waals surface area contributed by atoms with Crippen LogP contribution < -0.4 is 10.5 Å². The minimum Gasteiger partial charge on any atom is -0.455 e. The van der Waals surface area contributed by atoms with Crippen LogP contribution in [-0.2, 0) is 6.42 Å². The van der Waals surface area contributed by atoms with Crippen molar-refractivity contribution >= 4 is 5.69 Å². The van der Waals surface area contributed by atoms with Crippen LogP contribution in [-0.4, -0.2) is 0 Å². The van der Waals surface area contributed by atoms with E-state index in [0.29, 0.717) is 11.4 Å². The average Bonchev–Trinajstić information content (AvgIpc) is 2.35. The van der Waals surface area contributed by atoms with Crippen LogP contribution >= 0.6 is 0 Å². The zero-order valence-corrected chi connectivity index (χ0v) is 10.0.